The van der Waals surface area contributed by atoms with E-state index in [0.29, 0.717) is 16.9 Å². The summed E-state index contributed by atoms with van der Waals surface area (Å²) in [5.74, 6) is 6.19. The van der Waals surface area contributed by atoms with E-state index in [2.05, 4.69) is 35.8 Å². The Morgan fingerprint density at radius 2 is 1.79 bits per heavy atom. The molecule has 1 rings (SSSR count). The van der Waals surface area contributed by atoms with Crippen molar-refractivity contribution < 1.29 is 9.47 Å². The topological polar surface area (TPSA) is 82.6 Å². The van der Waals surface area contributed by atoms with E-state index < -0.39 is 0 Å². The van der Waals surface area contributed by atoms with Gasteiger partial charge in [-0.25, -0.2) is 0 Å². The standard InChI is InChI=1S/C12H20N4O2S/c1-12(2,3)8(7-14-13)19-11-15-9(17-4)6-10(16-11)18-5/h6-8H,13H2,1-5H3. The number of hydrogen-bond donors (Lipinski definition) is 1. The van der Waals surface area contributed by atoms with Crippen LogP contribution in [0.25, 0.3) is 0 Å². The van der Waals surface area contributed by atoms with E-state index in [1.165, 1.54) is 11.8 Å². The van der Waals surface area contributed by atoms with Gasteiger partial charge in [-0.3, -0.25) is 0 Å². The molecule has 0 bridgehead atoms. The number of thioether (sulfide) groups is 1. The lowest BCUT2D eigenvalue weighted by molar-refractivity contribution is 0.364. The quantitative estimate of drug-likeness (QED) is 0.292. The number of aromatic nitrogens is 2. The first kappa shape index (κ1) is 15.6. The highest BCUT2D eigenvalue weighted by atomic mass is 32.2. The first-order valence-electron chi connectivity index (χ1n) is 5.77. The summed E-state index contributed by atoms with van der Waals surface area (Å²) < 4.78 is 10.2. The smallest absolute Gasteiger partial charge is 0.220 e. The third kappa shape index (κ3) is 4.59. The van der Waals surface area contributed by atoms with Crippen molar-refractivity contribution in [3.8, 4) is 11.8 Å². The summed E-state index contributed by atoms with van der Waals surface area (Å²) >= 11 is 1.47. The van der Waals surface area contributed by atoms with Crippen molar-refractivity contribution in [1.82, 2.24) is 9.97 Å². The summed E-state index contributed by atoms with van der Waals surface area (Å²) in [4.78, 5) is 8.57. The maximum Gasteiger partial charge on any atom is 0.220 e. The monoisotopic (exact) mass is 284 g/mol. The fourth-order valence-electron chi connectivity index (χ4n) is 1.27. The van der Waals surface area contributed by atoms with Crippen LogP contribution in [-0.4, -0.2) is 35.7 Å². The number of hydrazone groups is 1. The number of rotatable bonds is 5. The van der Waals surface area contributed by atoms with Gasteiger partial charge in [0.25, 0.3) is 0 Å². The lowest BCUT2D eigenvalue weighted by atomic mass is 9.92. The summed E-state index contributed by atoms with van der Waals surface area (Å²) in [5, 5.41) is 4.24. The minimum Gasteiger partial charge on any atom is -0.481 e. The van der Waals surface area contributed by atoms with Gasteiger partial charge in [-0.1, -0.05) is 32.5 Å². The van der Waals surface area contributed by atoms with Gasteiger partial charge in [0, 0.05) is 6.21 Å². The zero-order valence-electron chi connectivity index (χ0n) is 11.9. The average molecular weight is 284 g/mol. The van der Waals surface area contributed by atoms with Gasteiger partial charge in [0.2, 0.25) is 11.8 Å². The predicted octanol–water partition coefficient (Wildman–Crippen LogP) is 1.95. The first-order valence-corrected chi connectivity index (χ1v) is 6.65. The Hall–Kier alpha value is -1.50. The van der Waals surface area contributed by atoms with E-state index in [-0.39, 0.29) is 10.7 Å². The zero-order chi connectivity index (χ0) is 14.5. The van der Waals surface area contributed by atoms with E-state index in [1.807, 2.05) is 0 Å². The number of methoxy groups -OCH3 is 2. The van der Waals surface area contributed by atoms with Gasteiger partial charge in [0.05, 0.1) is 25.5 Å². The predicted molar refractivity (Wildman–Crippen MR) is 76.9 cm³/mol. The van der Waals surface area contributed by atoms with Crippen LogP contribution in [0.5, 0.6) is 11.8 Å². The van der Waals surface area contributed by atoms with E-state index in [9.17, 15) is 0 Å². The maximum absolute atomic E-state index is 5.26. The van der Waals surface area contributed by atoms with Crippen molar-refractivity contribution in [2.45, 2.75) is 31.2 Å². The van der Waals surface area contributed by atoms with Crippen LogP contribution in [0, 0.1) is 5.41 Å². The molecule has 0 radical (unpaired) electrons. The maximum atomic E-state index is 5.26. The fourth-order valence-corrected chi connectivity index (χ4v) is 2.27. The molecule has 0 amide bonds. The molecule has 0 aliphatic heterocycles. The summed E-state index contributed by atoms with van der Waals surface area (Å²) in [5.41, 5.74) is -0.0206. The van der Waals surface area contributed by atoms with Gasteiger partial charge in [0.15, 0.2) is 5.16 Å². The number of ether oxygens (including phenoxy) is 2. The molecule has 0 fully saturated rings. The highest BCUT2D eigenvalue weighted by Crippen LogP contribution is 2.34. The highest BCUT2D eigenvalue weighted by molar-refractivity contribution is 8.00. The third-order valence-corrected chi connectivity index (χ3v) is 3.86. The SMILES string of the molecule is COc1cc(OC)nc(SC(C=NN)C(C)(C)C)n1. The third-order valence-electron chi connectivity index (χ3n) is 2.38. The van der Waals surface area contributed by atoms with Gasteiger partial charge < -0.3 is 15.3 Å². The van der Waals surface area contributed by atoms with E-state index in [4.69, 9.17) is 15.3 Å². The molecule has 6 nitrogen and oxygen atoms in total. The van der Waals surface area contributed by atoms with Crippen LogP contribution in [0.15, 0.2) is 16.3 Å². The van der Waals surface area contributed by atoms with Crippen LogP contribution in [-0.2, 0) is 0 Å². The minimum atomic E-state index is -0.0206. The summed E-state index contributed by atoms with van der Waals surface area (Å²) in [6, 6.07) is 1.63. The Balaban J connectivity index is 3.02. The lowest BCUT2D eigenvalue weighted by Gasteiger charge is -2.25. The van der Waals surface area contributed by atoms with Crippen molar-refractivity contribution in [1.29, 1.82) is 0 Å². The molecule has 0 saturated heterocycles. The first-order chi connectivity index (χ1) is 8.90. The zero-order valence-corrected chi connectivity index (χ0v) is 12.7. The van der Waals surface area contributed by atoms with Gasteiger partial charge in [-0.15, -0.1) is 0 Å². The molecule has 1 heterocycles. The minimum absolute atomic E-state index is 0.0206. The van der Waals surface area contributed by atoms with Gasteiger partial charge in [-0.05, 0) is 5.41 Å². The Morgan fingerprint density at radius 1 is 1.26 bits per heavy atom. The van der Waals surface area contributed by atoms with Crippen LogP contribution in [0.2, 0.25) is 0 Å². The van der Waals surface area contributed by atoms with Crippen molar-refractivity contribution in [3.63, 3.8) is 0 Å². The second-order valence-corrected chi connectivity index (χ2v) is 6.05. The van der Waals surface area contributed by atoms with Crippen LogP contribution in [0.4, 0.5) is 0 Å². The lowest BCUT2D eigenvalue weighted by Crippen LogP contribution is -2.25. The molecule has 106 valence electrons. The molecule has 0 aliphatic rings. The molecule has 1 aromatic rings. The molecular weight excluding hydrogens is 264 g/mol. The molecule has 7 heteroatoms. The molecule has 19 heavy (non-hydrogen) atoms. The van der Waals surface area contributed by atoms with Gasteiger partial charge >= 0.3 is 0 Å². The normalized spacial score (nSPS) is 13.5. The largest absolute Gasteiger partial charge is 0.481 e. The van der Waals surface area contributed by atoms with Crippen LogP contribution >= 0.6 is 11.8 Å². The Morgan fingerprint density at radius 3 is 2.16 bits per heavy atom. The van der Waals surface area contributed by atoms with Crippen molar-refractivity contribution in [2.24, 2.45) is 16.4 Å². The average Bonchev–Trinajstić information content (AvgIpc) is 2.36. The summed E-state index contributed by atoms with van der Waals surface area (Å²) in [7, 11) is 3.11. The number of nitrogens with two attached hydrogens (primary N) is 1. The molecule has 0 aromatic carbocycles. The second-order valence-electron chi connectivity index (χ2n) is 4.94. The number of hydrogen-bond acceptors (Lipinski definition) is 7. The Bertz CT molecular complexity index is 424. The number of nitrogens with zero attached hydrogens (tertiary/aromatic N) is 3. The Labute approximate surface area is 117 Å². The van der Waals surface area contributed by atoms with E-state index >= 15 is 0 Å². The molecule has 1 unspecified atom stereocenters. The van der Waals surface area contributed by atoms with Gasteiger partial charge in [0.1, 0.15) is 0 Å². The highest BCUT2D eigenvalue weighted by Gasteiger charge is 2.25. The van der Waals surface area contributed by atoms with E-state index in [1.54, 1.807) is 26.5 Å². The molecular formula is C12H20N4O2S. The summed E-state index contributed by atoms with van der Waals surface area (Å²) in [6.07, 6.45) is 1.69. The molecule has 0 aliphatic carbocycles. The Kier molecular flexibility index (Phi) is 5.41. The van der Waals surface area contributed by atoms with Crippen molar-refractivity contribution in [3.05, 3.63) is 6.07 Å². The second kappa shape index (κ2) is 6.60. The molecule has 0 spiro atoms. The molecule has 2 N–H and O–H groups in total. The molecule has 0 saturated carbocycles. The van der Waals surface area contributed by atoms with Gasteiger partial charge in [-0.2, -0.15) is 15.1 Å². The van der Waals surface area contributed by atoms with Crippen LogP contribution in [0.3, 0.4) is 0 Å². The molecule has 1 aromatic heterocycles. The molecule has 1 atom stereocenters. The van der Waals surface area contributed by atoms with Crippen LogP contribution in [0.1, 0.15) is 20.8 Å². The van der Waals surface area contributed by atoms with Crippen LogP contribution < -0.4 is 15.3 Å². The summed E-state index contributed by atoms with van der Waals surface area (Å²) in [6.45, 7) is 6.30. The fraction of sp³-hybridized carbons (Fsp3) is 0.583. The van der Waals surface area contributed by atoms with E-state index in [0.717, 1.165) is 0 Å². The van der Waals surface area contributed by atoms with Crippen molar-refractivity contribution >= 4 is 18.0 Å². The van der Waals surface area contributed by atoms with Crippen molar-refractivity contribution in [2.75, 3.05) is 14.2 Å².